The number of hydrogen-bond acceptors (Lipinski definition) is 4. The molecule has 1 fully saturated rings. The van der Waals surface area contributed by atoms with Crippen LogP contribution < -0.4 is 15.4 Å². The quantitative estimate of drug-likeness (QED) is 0.810. The van der Waals surface area contributed by atoms with Gasteiger partial charge in [0.2, 0.25) is 5.91 Å². The smallest absolute Gasteiger partial charge is 0.251 e. The zero-order chi connectivity index (χ0) is 15.1. The summed E-state index contributed by atoms with van der Waals surface area (Å²) in [5.41, 5.74) is 0.489. The van der Waals surface area contributed by atoms with Crippen molar-refractivity contribution in [3.63, 3.8) is 0 Å². The summed E-state index contributed by atoms with van der Waals surface area (Å²) in [6.45, 7) is 1.21. The van der Waals surface area contributed by atoms with Crippen molar-refractivity contribution in [1.29, 1.82) is 0 Å². The monoisotopic (exact) mass is 292 g/mol. The number of benzene rings is 1. The van der Waals surface area contributed by atoms with Gasteiger partial charge in [-0.2, -0.15) is 0 Å². The van der Waals surface area contributed by atoms with Gasteiger partial charge in [-0.1, -0.05) is 0 Å². The Morgan fingerprint density at radius 1 is 1.29 bits per heavy atom. The summed E-state index contributed by atoms with van der Waals surface area (Å²) in [5.74, 6) is 0.179. The molecular formula is C15H20N2O4. The zero-order valence-corrected chi connectivity index (χ0v) is 12.1. The van der Waals surface area contributed by atoms with Crippen LogP contribution in [0, 0.1) is 0 Å². The van der Waals surface area contributed by atoms with Gasteiger partial charge in [-0.05, 0) is 37.1 Å². The first kappa shape index (κ1) is 15.3. The molecule has 1 aromatic carbocycles. The Morgan fingerprint density at radius 2 is 2.05 bits per heavy atom. The lowest BCUT2D eigenvalue weighted by Crippen LogP contribution is -2.39. The van der Waals surface area contributed by atoms with Gasteiger partial charge in [0.15, 0.2) is 0 Å². The fraction of sp³-hybridized carbons (Fsp3) is 0.467. The maximum absolute atomic E-state index is 11.9. The maximum Gasteiger partial charge on any atom is 0.251 e. The van der Waals surface area contributed by atoms with E-state index in [2.05, 4.69) is 10.6 Å². The van der Waals surface area contributed by atoms with Crippen molar-refractivity contribution in [3.8, 4) is 5.75 Å². The molecule has 6 nitrogen and oxygen atoms in total. The second kappa shape index (κ2) is 7.64. The summed E-state index contributed by atoms with van der Waals surface area (Å²) in [6, 6.07) is 6.70. The molecule has 2 rings (SSSR count). The Kier molecular flexibility index (Phi) is 5.57. The molecule has 1 aromatic rings. The van der Waals surface area contributed by atoms with E-state index in [1.807, 2.05) is 0 Å². The van der Waals surface area contributed by atoms with Crippen LogP contribution in [0.15, 0.2) is 24.3 Å². The second-order valence-corrected chi connectivity index (χ2v) is 4.85. The van der Waals surface area contributed by atoms with Crippen molar-refractivity contribution in [3.05, 3.63) is 29.8 Å². The number of carbonyl (C=O) groups is 2. The third-order valence-corrected chi connectivity index (χ3v) is 3.31. The Balaban J connectivity index is 1.70. The molecule has 2 amide bonds. The molecule has 0 aromatic heterocycles. The summed E-state index contributed by atoms with van der Waals surface area (Å²) < 4.78 is 10.4. The Bertz CT molecular complexity index is 481. The van der Waals surface area contributed by atoms with Crippen LogP contribution in [0.25, 0.3) is 0 Å². The Morgan fingerprint density at radius 3 is 2.67 bits per heavy atom. The average molecular weight is 292 g/mol. The van der Waals surface area contributed by atoms with Gasteiger partial charge in [-0.3, -0.25) is 9.59 Å². The van der Waals surface area contributed by atoms with E-state index in [0.717, 1.165) is 19.4 Å². The molecular weight excluding hydrogens is 272 g/mol. The van der Waals surface area contributed by atoms with Crippen molar-refractivity contribution in [2.45, 2.75) is 18.9 Å². The second-order valence-electron chi connectivity index (χ2n) is 4.85. The highest BCUT2D eigenvalue weighted by atomic mass is 16.5. The number of hydrogen-bond donors (Lipinski definition) is 2. The summed E-state index contributed by atoms with van der Waals surface area (Å²) in [4.78, 5) is 23.5. The third kappa shape index (κ3) is 4.75. The van der Waals surface area contributed by atoms with Crippen molar-refractivity contribution in [1.82, 2.24) is 10.6 Å². The lowest BCUT2D eigenvalue weighted by atomic mass is 10.2. The van der Waals surface area contributed by atoms with Gasteiger partial charge >= 0.3 is 0 Å². The molecule has 21 heavy (non-hydrogen) atoms. The summed E-state index contributed by atoms with van der Waals surface area (Å²) >= 11 is 0. The highest BCUT2D eigenvalue weighted by Crippen LogP contribution is 2.11. The molecule has 2 N–H and O–H groups in total. The minimum absolute atomic E-state index is 0.0441. The van der Waals surface area contributed by atoms with Crippen LogP contribution in [0.1, 0.15) is 23.2 Å². The van der Waals surface area contributed by atoms with Crippen molar-refractivity contribution in [2.24, 2.45) is 0 Å². The largest absolute Gasteiger partial charge is 0.497 e. The van der Waals surface area contributed by atoms with E-state index in [1.165, 1.54) is 0 Å². The Labute approximate surface area is 123 Å². The van der Waals surface area contributed by atoms with E-state index >= 15 is 0 Å². The summed E-state index contributed by atoms with van der Waals surface area (Å²) in [7, 11) is 1.56. The fourth-order valence-corrected chi connectivity index (χ4v) is 2.10. The number of rotatable bonds is 6. The van der Waals surface area contributed by atoms with E-state index < -0.39 is 0 Å². The van der Waals surface area contributed by atoms with Crippen LogP contribution in [0.4, 0.5) is 0 Å². The maximum atomic E-state index is 11.9. The van der Waals surface area contributed by atoms with E-state index in [0.29, 0.717) is 17.9 Å². The lowest BCUT2D eigenvalue weighted by molar-refractivity contribution is -0.120. The van der Waals surface area contributed by atoms with E-state index in [4.69, 9.17) is 9.47 Å². The number of carbonyl (C=O) groups excluding carboxylic acids is 2. The van der Waals surface area contributed by atoms with Crippen LogP contribution in [-0.2, 0) is 9.53 Å². The molecule has 0 saturated carbocycles. The minimum atomic E-state index is -0.287. The molecule has 1 unspecified atom stereocenters. The molecule has 6 heteroatoms. The standard InChI is InChI=1S/C15H20N2O4/c1-20-12-6-4-11(5-7-12)15(19)17-10-14(18)16-9-13-3-2-8-21-13/h4-7,13H,2-3,8-10H2,1H3,(H,16,18)(H,17,19). The van der Waals surface area contributed by atoms with Crippen LogP contribution in [-0.4, -0.2) is 44.7 Å². The lowest BCUT2D eigenvalue weighted by Gasteiger charge is -2.11. The number of amides is 2. The van der Waals surface area contributed by atoms with Gasteiger partial charge in [-0.15, -0.1) is 0 Å². The van der Waals surface area contributed by atoms with Crippen LogP contribution in [0.5, 0.6) is 5.75 Å². The molecule has 0 radical (unpaired) electrons. The van der Waals surface area contributed by atoms with E-state index in [-0.39, 0.29) is 24.5 Å². The number of methoxy groups -OCH3 is 1. The molecule has 1 aliphatic rings. The molecule has 0 aliphatic carbocycles. The molecule has 1 saturated heterocycles. The van der Waals surface area contributed by atoms with Gasteiger partial charge in [0.25, 0.3) is 5.91 Å². The normalized spacial score (nSPS) is 17.3. The van der Waals surface area contributed by atoms with Gasteiger partial charge in [0.1, 0.15) is 5.75 Å². The predicted molar refractivity (Wildman–Crippen MR) is 77.3 cm³/mol. The van der Waals surface area contributed by atoms with Gasteiger partial charge < -0.3 is 20.1 Å². The zero-order valence-electron chi connectivity index (χ0n) is 12.1. The molecule has 0 bridgehead atoms. The first-order valence-electron chi connectivity index (χ1n) is 6.99. The van der Waals surface area contributed by atoms with Crippen molar-refractivity contribution in [2.75, 3.05) is 26.8 Å². The van der Waals surface area contributed by atoms with Gasteiger partial charge in [-0.25, -0.2) is 0 Å². The van der Waals surface area contributed by atoms with Gasteiger partial charge in [0, 0.05) is 18.7 Å². The number of nitrogens with one attached hydrogen (secondary N) is 2. The number of ether oxygens (including phenoxy) is 2. The molecule has 114 valence electrons. The summed E-state index contributed by atoms with van der Waals surface area (Å²) in [5, 5.41) is 5.33. The molecule has 1 aliphatic heterocycles. The topological polar surface area (TPSA) is 76.7 Å². The highest BCUT2D eigenvalue weighted by molar-refractivity contribution is 5.96. The first-order valence-corrected chi connectivity index (χ1v) is 6.99. The van der Waals surface area contributed by atoms with Crippen LogP contribution in [0.2, 0.25) is 0 Å². The van der Waals surface area contributed by atoms with Gasteiger partial charge in [0.05, 0.1) is 19.8 Å². The first-order chi connectivity index (χ1) is 10.2. The van der Waals surface area contributed by atoms with Crippen molar-refractivity contribution < 1.29 is 19.1 Å². The summed E-state index contributed by atoms with van der Waals surface area (Å²) in [6.07, 6.45) is 2.11. The molecule has 1 heterocycles. The minimum Gasteiger partial charge on any atom is -0.497 e. The van der Waals surface area contributed by atoms with Crippen LogP contribution in [0.3, 0.4) is 0 Å². The van der Waals surface area contributed by atoms with E-state index in [1.54, 1.807) is 31.4 Å². The fourth-order valence-electron chi connectivity index (χ4n) is 2.10. The third-order valence-electron chi connectivity index (χ3n) is 3.31. The SMILES string of the molecule is COc1ccc(C(=O)NCC(=O)NCC2CCCO2)cc1. The Hall–Kier alpha value is -2.08. The molecule has 0 spiro atoms. The van der Waals surface area contributed by atoms with Crippen molar-refractivity contribution >= 4 is 11.8 Å². The predicted octanol–water partition coefficient (Wildman–Crippen LogP) is 0.720. The van der Waals surface area contributed by atoms with Crippen LogP contribution >= 0.6 is 0 Å². The average Bonchev–Trinajstić information content (AvgIpc) is 3.04. The molecule has 1 atom stereocenters. The highest BCUT2D eigenvalue weighted by Gasteiger charge is 2.16. The van der Waals surface area contributed by atoms with E-state index in [9.17, 15) is 9.59 Å².